The fraction of sp³-hybridized carbons (Fsp3) is 0.0417. The molecule has 0 saturated heterocycles. The number of aromatic nitrogens is 2. The maximum absolute atomic E-state index is 12.5. The van der Waals surface area contributed by atoms with Gasteiger partial charge in [0.25, 0.3) is 5.91 Å². The monoisotopic (exact) mass is 463 g/mol. The third-order valence-electron chi connectivity index (χ3n) is 4.85. The van der Waals surface area contributed by atoms with Gasteiger partial charge in [0.15, 0.2) is 17.0 Å². The number of hydrogen-bond acceptors (Lipinski definition) is 5. The number of furan rings is 1. The van der Waals surface area contributed by atoms with E-state index in [1.54, 1.807) is 42.6 Å². The minimum Gasteiger partial charge on any atom is -0.451 e. The normalized spacial score (nSPS) is 11.1. The number of pyridine rings is 1. The van der Waals surface area contributed by atoms with Crippen molar-refractivity contribution in [2.45, 2.75) is 6.54 Å². The van der Waals surface area contributed by atoms with Gasteiger partial charge in [-0.05, 0) is 60.2 Å². The van der Waals surface area contributed by atoms with Crippen molar-refractivity contribution in [3.8, 4) is 22.8 Å². The number of carbonyl (C=O) groups is 1. The van der Waals surface area contributed by atoms with Crippen LogP contribution in [0.4, 0.5) is 0 Å². The Bertz CT molecular complexity index is 1390. The van der Waals surface area contributed by atoms with E-state index in [-0.39, 0.29) is 11.7 Å². The van der Waals surface area contributed by atoms with E-state index in [0.717, 1.165) is 11.1 Å². The fourth-order valence-electron chi connectivity index (χ4n) is 3.22. The highest BCUT2D eigenvalue weighted by Crippen LogP contribution is 2.31. The second kappa shape index (κ2) is 8.49. The van der Waals surface area contributed by atoms with Gasteiger partial charge in [-0.1, -0.05) is 35.3 Å². The molecule has 5 rings (SSSR count). The van der Waals surface area contributed by atoms with Crippen LogP contribution in [0.1, 0.15) is 16.1 Å². The van der Waals surface area contributed by atoms with Crippen LogP contribution < -0.4 is 5.32 Å². The zero-order valence-corrected chi connectivity index (χ0v) is 18.0. The summed E-state index contributed by atoms with van der Waals surface area (Å²) in [7, 11) is 0. The molecule has 0 saturated carbocycles. The number of nitrogens with one attached hydrogen (secondary N) is 1. The van der Waals surface area contributed by atoms with Gasteiger partial charge in [0, 0.05) is 28.9 Å². The Morgan fingerprint density at radius 3 is 2.59 bits per heavy atom. The van der Waals surface area contributed by atoms with Gasteiger partial charge >= 0.3 is 0 Å². The molecular formula is C24H15Cl2N3O3. The molecule has 2 aromatic carbocycles. The molecule has 0 aliphatic carbocycles. The molecule has 6 nitrogen and oxygen atoms in total. The van der Waals surface area contributed by atoms with E-state index in [4.69, 9.17) is 32.0 Å². The molecule has 0 unspecified atom stereocenters. The summed E-state index contributed by atoms with van der Waals surface area (Å²) in [5.74, 6) is 0.865. The van der Waals surface area contributed by atoms with Crippen LogP contribution in [0.25, 0.3) is 34.0 Å². The van der Waals surface area contributed by atoms with Crippen LogP contribution in [0.15, 0.2) is 81.8 Å². The minimum absolute atomic E-state index is 0.196. The smallest absolute Gasteiger partial charge is 0.287 e. The van der Waals surface area contributed by atoms with E-state index in [1.165, 1.54) is 0 Å². The van der Waals surface area contributed by atoms with Gasteiger partial charge in [0.1, 0.15) is 5.76 Å². The molecule has 0 aliphatic rings. The largest absolute Gasteiger partial charge is 0.451 e. The Labute approximate surface area is 192 Å². The first-order valence-electron chi connectivity index (χ1n) is 9.71. The molecule has 3 heterocycles. The van der Waals surface area contributed by atoms with Gasteiger partial charge in [0.05, 0.1) is 5.02 Å². The number of carbonyl (C=O) groups excluding carboxylic acids is 1. The molecule has 8 heteroatoms. The van der Waals surface area contributed by atoms with Gasteiger partial charge in [-0.2, -0.15) is 4.98 Å². The first-order valence-corrected chi connectivity index (χ1v) is 10.5. The van der Waals surface area contributed by atoms with E-state index in [0.29, 0.717) is 45.0 Å². The van der Waals surface area contributed by atoms with Crippen LogP contribution in [0.5, 0.6) is 0 Å². The number of halogens is 2. The standard InChI is InChI=1S/C24H15Cl2N3O3/c25-16-7-8-17(18(26)12-16)19-9-10-21(31-19)23(30)28-13-14-3-5-15(6-4-14)24-29-22-20(32-24)2-1-11-27-22/h1-12H,13H2,(H,28,30). The number of hydrogen-bond donors (Lipinski definition) is 1. The third-order valence-corrected chi connectivity index (χ3v) is 5.39. The summed E-state index contributed by atoms with van der Waals surface area (Å²) in [4.78, 5) is 21.1. The zero-order valence-electron chi connectivity index (χ0n) is 16.5. The summed E-state index contributed by atoms with van der Waals surface area (Å²) in [6.45, 7) is 0.339. The Balaban J connectivity index is 1.25. The van der Waals surface area contributed by atoms with Crippen molar-refractivity contribution in [1.82, 2.24) is 15.3 Å². The van der Waals surface area contributed by atoms with E-state index in [2.05, 4.69) is 15.3 Å². The van der Waals surface area contributed by atoms with Gasteiger partial charge in [0.2, 0.25) is 5.89 Å². The second-order valence-corrected chi connectivity index (χ2v) is 7.86. The number of fused-ring (bicyclic) bond motifs is 1. The molecule has 0 aliphatic heterocycles. The Kier molecular flexibility index (Phi) is 5.39. The molecule has 32 heavy (non-hydrogen) atoms. The minimum atomic E-state index is -0.324. The summed E-state index contributed by atoms with van der Waals surface area (Å²) in [6, 6.07) is 19.6. The van der Waals surface area contributed by atoms with Crippen molar-refractivity contribution in [1.29, 1.82) is 0 Å². The SMILES string of the molecule is O=C(NCc1ccc(-c2nc3ncccc3o2)cc1)c1ccc(-c2ccc(Cl)cc2Cl)o1. The molecule has 0 fully saturated rings. The van der Waals surface area contributed by atoms with E-state index in [9.17, 15) is 4.79 Å². The molecule has 3 aromatic heterocycles. The van der Waals surface area contributed by atoms with Crippen molar-refractivity contribution in [3.05, 3.63) is 94.3 Å². The number of rotatable bonds is 5. The quantitative estimate of drug-likeness (QED) is 0.326. The molecule has 0 atom stereocenters. The van der Waals surface area contributed by atoms with Crippen molar-refractivity contribution in [3.63, 3.8) is 0 Å². The number of nitrogens with zero attached hydrogens (tertiary/aromatic N) is 2. The lowest BCUT2D eigenvalue weighted by Crippen LogP contribution is -2.22. The van der Waals surface area contributed by atoms with Crippen LogP contribution >= 0.6 is 23.2 Å². The molecular weight excluding hydrogens is 449 g/mol. The molecule has 0 bridgehead atoms. The van der Waals surface area contributed by atoms with Crippen molar-refractivity contribution in [2.24, 2.45) is 0 Å². The van der Waals surface area contributed by atoms with Crippen LogP contribution in [-0.4, -0.2) is 15.9 Å². The van der Waals surface area contributed by atoms with Gasteiger partial charge in [-0.25, -0.2) is 4.98 Å². The van der Waals surface area contributed by atoms with Crippen LogP contribution in [-0.2, 0) is 6.54 Å². The Morgan fingerprint density at radius 2 is 1.81 bits per heavy atom. The molecule has 0 spiro atoms. The van der Waals surface area contributed by atoms with Gasteiger partial charge < -0.3 is 14.2 Å². The maximum atomic E-state index is 12.5. The second-order valence-electron chi connectivity index (χ2n) is 7.01. The van der Waals surface area contributed by atoms with Gasteiger partial charge in [-0.15, -0.1) is 0 Å². The lowest BCUT2D eigenvalue weighted by molar-refractivity contribution is 0.0924. The predicted molar refractivity (Wildman–Crippen MR) is 123 cm³/mol. The topological polar surface area (TPSA) is 81.2 Å². The Morgan fingerprint density at radius 1 is 0.969 bits per heavy atom. The first kappa shape index (κ1) is 20.3. The highest BCUT2D eigenvalue weighted by atomic mass is 35.5. The summed E-state index contributed by atoms with van der Waals surface area (Å²) in [6.07, 6.45) is 1.67. The molecule has 1 amide bonds. The molecule has 5 aromatic rings. The summed E-state index contributed by atoms with van der Waals surface area (Å²) >= 11 is 12.1. The van der Waals surface area contributed by atoms with Crippen molar-refractivity contribution >= 4 is 40.3 Å². The summed E-state index contributed by atoms with van der Waals surface area (Å²) < 4.78 is 11.4. The summed E-state index contributed by atoms with van der Waals surface area (Å²) in [5, 5.41) is 3.83. The molecule has 158 valence electrons. The van der Waals surface area contributed by atoms with Crippen molar-refractivity contribution < 1.29 is 13.6 Å². The van der Waals surface area contributed by atoms with E-state index < -0.39 is 0 Å². The predicted octanol–water partition coefficient (Wildman–Crippen LogP) is 6.39. The maximum Gasteiger partial charge on any atom is 0.287 e. The highest BCUT2D eigenvalue weighted by molar-refractivity contribution is 6.36. The molecule has 0 radical (unpaired) electrons. The van der Waals surface area contributed by atoms with E-state index in [1.807, 2.05) is 30.3 Å². The lowest BCUT2D eigenvalue weighted by Gasteiger charge is -2.05. The third kappa shape index (κ3) is 4.10. The van der Waals surface area contributed by atoms with Crippen LogP contribution in [0, 0.1) is 0 Å². The highest BCUT2D eigenvalue weighted by Gasteiger charge is 2.14. The average Bonchev–Trinajstić information content (AvgIpc) is 3.45. The van der Waals surface area contributed by atoms with Crippen LogP contribution in [0.2, 0.25) is 10.0 Å². The first-order chi connectivity index (χ1) is 15.6. The fourth-order valence-corrected chi connectivity index (χ4v) is 3.72. The summed E-state index contributed by atoms with van der Waals surface area (Å²) in [5.41, 5.74) is 3.62. The number of benzene rings is 2. The van der Waals surface area contributed by atoms with Gasteiger partial charge in [-0.3, -0.25) is 4.79 Å². The van der Waals surface area contributed by atoms with Crippen LogP contribution in [0.3, 0.4) is 0 Å². The number of amides is 1. The number of oxazole rings is 1. The van der Waals surface area contributed by atoms with Crippen molar-refractivity contribution in [2.75, 3.05) is 0 Å². The Hall–Kier alpha value is -3.61. The average molecular weight is 464 g/mol. The molecule has 1 N–H and O–H groups in total. The zero-order chi connectivity index (χ0) is 22.1. The van der Waals surface area contributed by atoms with E-state index >= 15 is 0 Å². The lowest BCUT2D eigenvalue weighted by atomic mass is 10.1.